The van der Waals surface area contributed by atoms with E-state index in [9.17, 15) is 10.1 Å². The van der Waals surface area contributed by atoms with Gasteiger partial charge in [-0.25, -0.2) is 4.79 Å². The van der Waals surface area contributed by atoms with Gasteiger partial charge in [0, 0.05) is 17.8 Å². The van der Waals surface area contributed by atoms with Crippen molar-refractivity contribution >= 4 is 29.3 Å². The number of carbonyl (C=O) groups excluding carboxylic acids is 1. The minimum atomic E-state index is -0.571. The zero-order valence-corrected chi connectivity index (χ0v) is 19.4. The maximum Gasteiger partial charge on any atom is 0.336 e. The van der Waals surface area contributed by atoms with Crippen LogP contribution in [0.4, 0.5) is 0 Å². The van der Waals surface area contributed by atoms with Gasteiger partial charge in [0.2, 0.25) is 0 Å². The van der Waals surface area contributed by atoms with Crippen LogP contribution in [0, 0.1) is 11.3 Å². The van der Waals surface area contributed by atoms with Gasteiger partial charge in [0.1, 0.15) is 6.61 Å². The van der Waals surface area contributed by atoms with Gasteiger partial charge in [-0.15, -0.1) is 11.8 Å². The molecule has 1 aliphatic heterocycles. The highest BCUT2D eigenvalue weighted by Crippen LogP contribution is 2.43. The number of hydrogen-bond donors (Lipinski definition) is 1. The molecule has 30 heavy (non-hydrogen) atoms. The summed E-state index contributed by atoms with van der Waals surface area (Å²) in [6.07, 6.45) is 4.63. The van der Waals surface area contributed by atoms with E-state index in [-0.39, 0.29) is 6.61 Å². The molecule has 162 valence electrons. The van der Waals surface area contributed by atoms with Crippen molar-refractivity contribution in [1.29, 1.82) is 5.26 Å². The van der Waals surface area contributed by atoms with E-state index < -0.39 is 11.9 Å². The Morgan fingerprint density at radius 3 is 2.70 bits per heavy atom. The number of ether oxygens (including phenoxy) is 2. The summed E-state index contributed by atoms with van der Waals surface area (Å²) in [6.45, 7) is 4.47. The van der Waals surface area contributed by atoms with Crippen LogP contribution in [0.1, 0.15) is 51.0 Å². The van der Waals surface area contributed by atoms with Crippen LogP contribution >= 0.6 is 23.4 Å². The zero-order valence-electron chi connectivity index (χ0n) is 17.8. The summed E-state index contributed by atoms with van der Waals surface area (Å²) >= 11 is 8.10. The van der Waals surface area contributed by atoms with E-state index in [0.29, 0.717) is 28.5 Å². The number of nitrogens with one attached hydrogen (secondary N) is 1. The van der Waals surface area contributed by atoms with Crippen molar-refractivity contribution in [1.82, 2.24) is 5.32 Å². The van der Waals surface area contributed by atoms with Gasteiger partial charge in [0.25, 0.3) is 0 Å². The molecule has 1 aromatic rings. The predicted molar refractivity (Wildman–Crippen MR) is 122 cm³/mol. The number of unbranched alkanes of at least 4 members (excludes halogenated alkanes) is 3. The molecular weight excluding hydrogens is 420 g/mol. The Morgan fingerprint density at radius 1 is 1.27 bits per heavy atom. The molecular formula is C23H29ClN2O3S. The fraction of sp³-hybridized carbons (Fsp3) is 0.478. The van der Waals surface area contributed by atoms with Crippen LogP contribution in [-0.4, -0.2) is 32.0 Å². The van der Waals surface area contributed by atoms with E-state index in [1.807, 2.05) is 25.1 Å². The minimum Gasteiger partial charge on any atom is -0.460 e. The summed E-state index contributed by atoms with van der Waals surface area (Å²) in [5.74, 6) is -0.135. The summed E-state index contributed by atoms with van der Waals surface area (Å²) in [4.78, 5) is 12.9. The number of thioether (sulfide) groups is 1. The van der Waals surface area contributed by atoms with E-state index in [1.54, 1.807) is 24.9 Å². The molecule has 0 saturated carbocycles. The molecule has 0 radical (unpaired) electrons. The van der Waals surface area contributed by atoms with Crippen LogP contribution in [0.25, 0.3) is 0 Å². The molecule has 0 bridgehead atoms. The van der Waals surface area contributed by atoms with E-state index in [0.717, 1.165) is 22.8 Å². The lowest BCUT2D eigenvalue weighted by Gasteiger charge is -2.29. The molecule has 0 saturated heterocycles. The fourth-order valence-corrected chi connectivity index (χ4v) is 4.66. The first-order chi connectivity index (χ1) is 14.5. The highest BCUT2D eigenvalue weighted by Gasteiger charge is 2.36. The van der Waals surface area contributed by atoms with Gasteiger partial charge in [-0.1, -0.05) is 56.0 Å². The van der Waals surface area contributed by atoms with E-state index >= 15 is 0 Å². The summed E-state index contributed by atoms with van der Waals surface area (Å²) in [7, 11) is 1.55. The van der Waals surface area contributed by atoms with Crippen molar-refractivity contribution in [3.8, 4) is 6.07 Å². The number of hydrogen-bond acceptors (Lipinski definition) is 6. The Kier molecular flexibility index (Phi) is 10.3. The highest BCUT2D eigenvalue weighted by molar-refractivity contribution is 8.03. The molecule has 1 heterocycles. The molecule has 0 amide bonds. The molecule has 0 fully saturated rings. The fourth-order valence-electron chi connectivity index (χ4n) is 3.32. The van der Waals surface area contributed by atoms with Crippen LogP contribution in [-0.2, 0) is 14.3 Å². The second kappa shape index (κ2) is 12.7. The number of rotatable bonds is 11. The normalized spacial score (nSPS) is 16.3. The second-order valence-electron chi connectivity index (χ2n) is 7.01. The van der Waals surface area contributed by atoms with Crippen LogP contribution in [0.3, 0.4) is 0 Å². The van der Waals surface area contributed by atoms with Gasteiger partial charge < -0.3 is 14.8 Å². The first kappa shape index (κ1) is 24.3. The molecule has 1 aromatic carbocycles. The van der Waals surface area contributed by atoms with Crippen molar-refractivity contribution in [2.24, 2.45) is 0 Å². The van der Waals surface area contributed by atoms with Crippen LogP contribution in [0.2, 0.25) is 5.02 Å². The van der Waals surface area contributed by atoms with E-state index in [2.05, 4.69) is 18.3 Å². The number of dihydropyridines is 1. The molecule has 0 spiro atoms. The third-order valence-corrected chi connectivity index (χ3v) is 6.30. The zero-order chi connectivity index (χ0) is 21.9. The first-order valence-corrected chi connectivity index (χ1v) is 11.6. The molecule has 2 rings (SSSR count). The summed E-state index contributed by atoms with van der Waals surface area (Å²) < 4.78 is 10.4. The van der Waals surface area contributed by atoms with Gasteiger partial charge in [-0.3, -0.25) is 0 Å². The van der Waals surface area contributed by atoms with Crippen molar-refractivity contribution in [3.05, 3.63) is 56.7 Å². The van der Waals surface area contributed by atoms with E-state index in [4.69, 9.17) is 21.1 Å². The monoisotopic (exact) mass is 448 g/mol. The predicted octanol–water partition coefficient (Wildman–Crippen LogP) is 5.54. The SMILES string of the molecule is CCCCCCSC1=C(C#N)C(c2ccccc2Cl)C(C(=O)OCCOC)=C(C)N1. The number of halogens is 1. The van der Waals surface area contributed by atoms with Crippen LogP contribution in [0.15, 0.2) is 46.1 Å². The largest absolute Gasteiger partial charge is 0.460 e. The Morgan fingerprint density at radius 2 is 2.03 bits per heavy atom. The number of methoxy groups -OCH3 is 1. The van der Waals surface area contributed by atoms with Gasteiger partial charge in [0.15, 0.2) is 0 Å². The second-order valence-corrected chi connectivity index (χ2v) is 8.52. The Balaban J connectivity index is 2.39. The van der Waals surface area contributed by atoms with Crippen molar-refractivity contribution in [2.45, 2.75) is 45.4 Å². The highest BCUT2D eigenvalue weighted by atomic mass is 35.5. The summed E-state index contributed by atoms with van der Waals surface area (Å²) in [5, 5.41) is 14.6. The van der Waals surface area contributed by atoms with Crippen LogP contribution in [0.5, 0.6) is 0 Å². The topological polar surface area (TPSA) is 71.4 Å². The van der Waals surface area contributed by atoms with Crippen molar-refractivity contribution in [3.63, 3.8) is 0 Å². The Bertz CT molecular complexity index is 845. The smallest absolute Gasteiger partial charge is 0.336 e. The third kappa shape index (κ3) is 6.28. The summed E-state index contributed by atoms with van der Waals surface area (Å²) in [5.41, 5.74) is 2.30. The van der Waals surface area contributed by atoms with Crippen molar-refractivity contribution in [2.75, 3.05) is 26.1 Å². The third-order valence-electron chi connectivity index (χ3n) is 4.85. The Labute approximate surface area is 188 Å². The number of allylic oxidation sites excluding steroid dienone is 2. The lowest BCUT2D eigenvalue weighted by atomic mass is 9.82. The average molecular weight is 449 g/mol. The maximum atomic E-state index is 12.9. The standard InChI is InChI=1S/C23H29ClN2O3S/c1-4-5-6-9-14-30-22-18(15-25)21(17-10-7-8-11-19(17)24)20(16(2)26-22)23(27)29-13-12-28-3/h7-8,10-11,21,26H,4-6,9,12-14H2,1-3H3. The average Bonchev–Trinajstić information content (AvgIpc) is 2.73. The number of nitriles is 1. The van der Waals surface area contributed by atoms with Gasteiger partial charge in [-0.05, 0) is 30.7 Å². The molecule has 1 N–H and O–H groups in total. The van der Waals surface area contributed by atoms with Gasteiger partial charge in [0.05, 0.1) is 34.8 Å². The van der Waals surface area contributed by atoms with Gasteiger partial charge in [-0.2, -0.15) is 5.26 Å². The molecule has 1 unspecified atom stereocenters. The Hall–Kier alpha value is -1.94. The minimum absolute atomic E-state index is 0.145. The molecule has 0 aliphatic carbocycles. The molecule has 5 nitrogen and oxygen atoms in total. The van der Waals surface area contributed by atoms with Crippen molar-refractivity contribution < 1.29 is 14.3 Å². The number of benzene rings is 1. The molecule has 7 heteroatoms. The van der Waals surface area contributed by atoms with E-state index in [1.165, 1.54) is 19.3 Å². The first-order valence-electron chi connectivity index (χ1n) is 10.2. The number of carbonyl (C=O) groups is 1. The molecule has 0 aromatic heterocycles. The van der Waals surface area contributed by atoms with Crippen LogP contribution < -0.4 is 5.32 Å². The number of esters is 1. The summed E-state index contributed by atoms with van der Waals surface area (Å²) in [6, 6.07) is 9.65. The lowest BCUT2D eigenvalue weighted by molar-refractivity contribution is -0.140. The maximum absolute atomic E-state index is 12.9. The quantitative estimate of drug-likeness (QED) is 0.354. The molecule has 1 atom stereocenters. The lowest BCUT2D eigenvalue weighted by Crippen LogP contribution is -2.29. The number of nitrogens with zero attached hydrogens (tertiary/aromatic N) is 1. The molecule has 1 aliphatic rings. The van der Waals surface area contributed by atoms with Gasteiger partial charge >= 0.3 is 5.97 Å².